The maximum absolute atomic E-state index is 9.72. The number of hydrogen-bond acceptors (Lipinski definition) is 5. The third kappa shape index (κ3) is 6.63. The minimum atomic E-state index is -1.11. The summed E-state index contributed by atoms with van der Waals surface area (Å²) in [7, 11) is 0. The molecule has 0 aliphatic heterocycles. The SMILES string of the molecule is Cc1cc(C(C)(C)C)c(CO)c(C(C)(C)C)c1.OCC(CO)(CO)CO. The fourth-order valence-corrected chi connectivity index (χ4v) is 2.63. The van der Waals surface area contributed by atoms with E-state index in [2.05, 4.69) is 60.6 Å². The second-order valence-electron chi connectivity index (χ2n) is 9.13. The van der Waals surface area contributed by atoms with Gasteiger partial charge >= 0.3 is 0 Å². The lowest BCUT2D eigenvalue weighted by atomic mass is 9.75. The molecule has 26 heavy (non-hydrogen) atoms. The molecule has 0 saturated heterocycles. The third-order valence-electron chi connectivity index (χ3n) is 4.51. The van der Waals surface area contributed by atoms with Gasteiger partial charge in [-0.15, -0.1) is 0 Å². The largest absolute Gasteiger partial charge is 0.396 e. The Kier molecular flexibility index (Phi) is 9.44. The van der Waals surface area contributed by atoms with Gasteiger partial charge in [0.1, 0.15) is 0 Å². The van der Waals surface area contributed by atoms with Crippen molar-refractivity contribution in [3.63, 3.8) is 0 Å². The molecule has 1 aromatic rings. The van der Waals surface area contributed by atoms with Gasteiger partial charge in [0, 0.05) is 0 Å². The topological polar surface area (TPSA) is 101 Å². The first-order chi connectivity index (χ1) is 11.8. The van der Waals surface area contributed by atoms with Gasteiger partial charge in [-0.1, -0.05) is 59.2 Å². The lowest BCUT2D eigenvalue weighted by Crippen LogP contribution is -2.37. The van der Waals surface area contributed by atoms with Crippen LogP contribution in [0.5, 0.6) is 0 Å². The maximum atomic E-state index is 9.72. The van der Waals surface area contributed by atoms with E-state index in [4.69, 9.17) is 20.4 Å². The highest BCUT2D eigenvalue weighted by molar-refractivity contribution is 5.45. The first-order valence-corrected chi connectivity index (χ1v) is 9.00. The van der Waals surface area contributed by atoms with Crippen LogP contribution >= 0.6 is 0 Å². The van der Waals surface area contributed by atoms with Crippen LogP contribution in [0, 0.1) is 12.3 Å². The van der Waals surface area contributed by atoms with Gasteiger partial charge in [0.05, 0.1) is 38.4 Å². The van der Waals surface area contributed by atoms with Gasteiger partial charge in [-0.05, 0) is 34.4 Å². The smallest absolute Gasteiger partial charge is 0.0687 e. The fraction of sp³-hybridized carbons (Fsp3) is 0.714. The molecule has 152 valence electrons. The molecule has 0 radical (unpaired) electrons. The summed E-state index contributed by atoms with van der Waals surface area (Å²) in [5.74, 6) is 0. The molecule has 0 bridgehead atoms. The van der Waals surface area contributed by atoms with E-state index in [0.717, 1.165) is 5.56 Å². The predicted molar refractivity (Wildman–Crippen MR) is 105 cm³/mol. The highest BCUT2D eigenvalue weighted by atomic mass is 16.3. The quantitative estimate of drug-likeness (QED) is 0.546. The molecule has 0 heterocycles. The molecule has 0 fully saturated rings. The highest BCUT2D eigenvalue weighted by Gasteiger charge is 2.27. The van der Waals surface area contributed by atoms with E-state index in [1.165, 1.54) is 16.7 Å². The summed E-state index contributed by atoms with van der Waals surface area (Å²) in [5, 5.41) is 43.7. The Balaban J connectivity index is 0.000000590. The van der Waals surface area contributed by atoms with Crippen LogP contribution in [-0.2, 0) is 17.4 Å². The van der Waals surface area contributed by atoms with Crippen molar-refractivity contribution in [1.82, 2.24) is 0 Å². The number of hydrogen-bond donors (Lipinski definition) is 5. The number of benzene rings is 1. The Morgan fingerprint density at radius 3 is 1.12 bits per heavy atom. The highest BCUT2D eigenvalue weighted by Crippen LogP contribution is 2.35. The first kappa shape index (κ1) is 25.0. The van der Waals surface area contributed by atoms with E-state index < -0.39 is 31.8 Å². The van der Waals surface area contributed by atoms with E-state index in [-0.39, 0.29) is 17.4 Å². The van der Waals surface area contributed by atoms with Gasteiger partial charge in [-0.3, -0.25) is 0 Å². The molecule has 5 N–H and O–H groups in total. The summed E-state index contributed by atoms with van der Waals surface area (Å²) in [6.45, 7) is 13.8. The van der Waals surface area contributed by atoms with Gasteiger partial charge in [-0.25, -0.2) is 0 Å². The van der Waals surface area contributed by atoms with E-state index in [1.807, 2.05) is 0 Å². The average Bonchev–Trinajstić information content (AvgIpc) is 2.56. The van der Waals surface area contributed by atoms with Crippen LogP contribution in [-0.4, -0.2) is 52.0 Å². The van der Waals surface area contributed by atoms with Gasteiger partial charge in [-0.2, -0.15) is 0 Å². The van der Waals surface area contributed by atoms with E-state index in [0.29, 0.717) is 0 Å². The van der Waals surface area contributed by atoms with Crippen molar-refractivity contribution in [1.29, 1.82) is 0 Å². The Hall–Kier alpha value is -0.980. The molecule has 0 unspecified atom stereocenters. The van der Waals surface area contributed by atoms with Crippen LogP contribution < -0.4 is 0 Å². The molecule has 5 nitrogen and oxygen atoms in total. The summed E-state index contributed by atoms with van der Waals surface area (Å²) in [6, 6.07) is 4.42. The number of rotatable bonds is 5. The van der Waals surface area contributed by atoms with Gasteiger partial charge in [0.15, 0.2) is 0 Å². The zero-order valence-corrected chi connectivity index (χ0v) is 17.4. The Morgan fingerprint density at radius 1 is 0.654 bits per heavy atom. The molecule has 0 atom stereocenters. The molecule has 0 spiro atoms. The average molecular weight is 371 g/mol. The Morgan fingerprint density at radius 2 is 0.962 bits per heavy atom. The summed E-state index contributed by atoms with van der Waals surface area (Å²) in [6.07, 6.45) is 0. The summed E-state index contributed by atoms with van der Waals surface area (Å²) in [5.41, 5.74) is 3.95. The zero-order chi connectivity index (χ0) is 20.8. The van der Waals surface area contributed by atoms with Crippen LogP contribution in [0.2, 0.25) is 0 Å². The van der Waals surface area contributed by atoms with Gasteiger partial charge in [0.25, 0.3) is 0 Å². The van der Waals surface area contributed by atoms with Crippen LogP contribution in [0.3, 0.4) is 0 Å². The summed E-state index contributed by atoms with van der Waals surface area (Å²) < 4.78 is 0. The van der Waals surface area contributed by atoms with Crippen LogP contribution in [0.1, 0.15) is 63.8 Å². The first-order valence-electron chi connectivity index (χ1n) is 9.00. The van der Waals surface area contributed by atoms with E-state index in [1.54, 1.807) is 0 Å². The second-order valence-corrected chi connectivity index (χ2v) is 9.13. The minimum absolute atomic E-state index is 0.0735. The molecule has 1 rings (SSSR count). The number of aliphatic hydroxyl groups excluding tert-OH is 5. The molecule has 0 aliphatic carbocycles. The summed E-state index contributed by atoms with van der Waals surface area (Å²) in [4.78, 5) is 0. The van der Waals surface area contributed by atoms with Crippen molar-refractivity contribution in [3.8, 4) is 0 Å². The van der Waals surface area contributed by atoms with Crippen LogP contribution in [0.25, 0.3) is 0 Å². The lowest BCUT2D eigenvalue weighted by Gasteiger charge is -2.30. The molecular weight excluding hydrogens is 332 g/mol. The molecule has 0 saturated carbocycles. The standard InChI is InChI=1S/C16H26O.C5H12O4/c1-11-8-13(15(2,3)4)12(10-17)14(9-11)16(5,6)7;6-1-5(2-7,3-8)4-9/h8-9,17H,10H2,1-7H3;6-9H,1-4H2. The Bertz CT molecular complexity index is 496. The normalized spacial score (nSPS) is 12.6. The lowest BCUT2D eigenvalue weighted by molar-refractivity contribution is -0.0328. The van der Waals surface area contributed by atoms with E-state index >= 15 is 0 Å². The zero-order valence-electron chi connectivity index (χ0n) is 17.4. The molecule has 0 aromatic heterocycles. The number of aryl methyl sites for hydroxylation is 1. The minimum Gasteiger partial charge on any atom is -0.396 e. The second kappa shape index (κ2) is 9.81. The van der Waals surface area contributed by atoms with Crippen molar-refractivity contribution >= 4 is 0 Å². The van der Waals surface area contributed by atoms with Crippen molar-refractivity contribution in [2.24, 2.45) is 5.41 Å². The molecule has 0 amide bonds. The number of aliphatic hydroxyl groups is 5. The monoisotopic (exact) mass is 370 g/mol. The Labute approximate surface area is 158 Å². The summed E-state index contributed by atoms with van der Waals surface area (Å²) >= 11 is 0. The molecular formula is C21H38O5. The van der Waals surface area contributed by atoms with Crippen LogP contribution in [0.4, 0.5) is 0 Å². The van der Waals surface area contributed by atoms with Crippen molar-refractivity contribution in [2.45, 2.75) is 65.9 Å². The van der Waals surface area contributed by atoms with Crippen molar-refractivity contribution in [2.75, 3.05) is 26.4 Å². The molecule has 1 aromatic carbocycles. The predicted octanol–water partition coefficient (Wildman–Crippen LogP) is 2.02. The van der Waals surface area contributed by atoms with E-state index in [9.17, 15) is 5.11 Å². The van der Waals surface area contributed by atoms with Gasteiger partial charge in [0.2, 0.25) is 0 Å². The van der Waals surface area contributed by atoms with Crippen molar-refractivity contribution in [3.05, 3.63) is 34.4 Å². The molecule has 0 aliphatic rings. The third-order valence-corrected chi connectivity index (χ3v) is 4.51. The fourth-order valence-electron chi connectivity index (χ4n) is 2.63. The molecule has 5 heteroatoms. The maximum Gasteiger partial charge on any atom is 0.0687 e. The van der Waals surface area contributed by atoms with Gasteiger partial charge < -0.3 is 25.5 Å². The van der Waals surface area contributed by atoms with Crippen LogP contribution in [0.15, 0.2) is 12.1 Å². The van der Waals surface area contributed by atoms with Crippen molar-refractivity contribution < 1.29 is 25.5 Å².